The zero-order chi connectivity index (χ0) is 13.5. The quantitative estimate of drug-likeness (QED) is 0.594. The van der Waals surface area contributed by atoms with E-state index in [2.05, 4.69) is 4.99 Å². The summed E-state index contributed by atoms with van der Waals surface area (Å²) in [5.41, 5.74) is 2.59. The molecular weight excluding hydrogens is 238 g/mol. The normalized spacial score (nSPS) is 9.74. The lowest BCUT2D eigenvalue weighted by atomic mass is 10.0. The third-order valence-electron chi connectivity index (χ3n) is 2.69. The van der Waals surface area contributed by atoms with Crippen molar-refractivity contribution in [2.75, 3.05) is 6.61 Å². The van der Waals surface area contributed by atoms with E-state index in [-0.39, 0.29) is 0 Å². The Balaban J connectivity index is 2.38. The number of isocyanates is 1. The van der Waals surface area contributed by atoms with Gasteiger partial charge >= 0.3 is 0 Å². The van der Waals surface area contributed by atoms with Crippen LogP contribution in [0.5, 0.6) is 5.75 Å². The highest BCUT2D eigenvalue weighted by molar-refractivity contribution is 5.71. The van der Waals surface area contributed by atoms with Gasteiger partial charge in [-0.1, -0.05) is 43.3 Å². The van der Waals surface area contributed by atoms with Gasteiger partial charge in [-0.15, -0.1) is 0 Å². The second-order valence-electron chi connectivity index (χ2n) is 4.10. The topological polar surface area (TPSA) is 38.7 Å². The number of nitrogens with zero attached hydrogens (tertiary/aromatic N) is 1. The molecule has 2 rings (SSSR count). The summed E-state index contributed by atoms with van der Waals surface area (Å²) in [4.78, 5) is 14.2. The molecule has 0 fully saturated rings. The fraction of sp³-hybridized carbons (Fsp3) is 0.188. The summed E-state index contributed by atoms with van der Waals surface area (Å²) < 4.78 is 5.56. The molecule has 3 heteroatoms. The lowest BCUT2D eigenvalue weighted by Crippen LogP contribution is -1.95. The standard InChI is InChI=1S/C16H15NO2/c1-2-10-19-16-9-8-14(11-15(16)17-12-18)13-6-4-3-5-7-13/h3-9,11H,2,10H2,1H3. The molecule has 0 N–H and O–H groups in total. The number of rotatable bonds is 5. The van der Waals surface area contributed by atoms with Gasteiger partial charge in [-0.25, -0.2) is 4.79 Å². The molecule has 0 aromatic heterocycles. The van der Waals surface area contributed by atoms with Crippen molar-refractivity contribution in [2.45, 2.75) is 13.3 Å². The molecule has 0 saturated heterocycles. The van der Waals surface area contributed by atoms with E-state index in [9.17, 15) is 4.79 Å². The molecular formula is C16H15NO2. The van der Waals surface area contributed by atoms with Crippen LogP contribution in [0.2, 0.25) is 0 Å². The first-order valence-electron chi connectivity index (χ1n) is 6.25. The fourth-order valence-electron chi connectivity index (χ4n) is 1.80. The molecule has 19 heavy (non-hydrogen) atoms. The van der Waals surface area contributed by atoms with E-state index in [1.165, 1.54) is 0 Å². The summed E-state index contributed by atoms with van der Waals surface area (Å²) in [6.07, 6.45) is 2.48. The number of hydrogen-bond donors (Lipinski definition) is 0. The highest BCUT2D eigenvalue weighted by atomic mass is 16.5. The Morgan fingerprint density at radius 2 is 1.89 bits per heavy atom. The van der Waals surface area contributed by atoms with Gasteiger partial charge in [0.05, 0.1) is 6.61 Å². The van der Waals surface area contributed by atoms with Gasteiger partial charge in [0.2, 0.25) is 6.08 Å². The first kappa shape index (κ1) is 13.1. The number of carbonyl (C=O) groups excluding carboxylic acids is 1. The molecule has 0 atom stereocenters. The molecule has 0 aliphatic carbocycles. The summed E-state index contributed by atoms with van der Waals surface area (Å²) in [5.74, 6) is 0.616. The van der Waals surface area contributed by atoms with Crippen molar-refractivity contribution in [1.29, 1.82) is 0 Å². The van der Waals surface area contributed by atoms with Gasteiger partial charge in [0.1, 0.15) is 11.4 Å². The monoisotopic (exact) mass is 253 g/mol. The summed E-state index contributed by atoms with van der Waals surface area (Å²) in [6, 6.07) is 15.6. The Morgan fingerprint density at radius 1 is 1.11 bits per heavy atom. The van der Waals surface area contributed by atoms with Crippen LogP contribution in [0.1, 0.15) is 13.3 Å². The van der Waals surface area contributed by atoms with Crippen molar-refractivity contribution in [3.8, 4) is 16.9 Å². The number of benzene rings is 2. The van der Waals surface area contributed by atoms with Crippen LogP contribution in [0.25, 0.3) is 11.1 Å². The lowest BCUT2D eigenvalue weighted by Gasteiger charge is -2.09. The molecule has 0 radical (unpaired) electrons. The van der Waals surface area contributed by atoms with E-state index < -0.39 is 0 Å². The SMILES string of the molecule is CCCOc1ccc(-c2ccccc2)cc1N=C=O. The Hall–Kier alpha value is -2.38. The highest BCUT2D eigenvalue weighted by Gasteiger charge is 2.05. The van der Waals surface area contributed by atoms with Gasteiger partial charge in [0, 0.05) is 0 Å². The molecule has 0 bridgehead atoms. The third kappa shape index (κ3) is 3.30. The van der Waals surface area contributed by atoms with Crippen LogP contribution in [-0.2, 0) is 4.79 Å². The van der Waals surface area contributed by atoms with Gasteiger partial charge < -0.3 is 4.74 Å². The molecule has 3 nitrogen and oxygen atoms in total. The van der Waals surface area contributed by atoms with Gasteiger partial charge in [0.25, 0.3) is 0 Å². The zero-order valence-corrected chi connectivity index (χ0v) is 10.8. The maximum absolute atomic E-state index is 10.5. The van der Waals surface area contributed by atoms with E-state index >= 15 is 0 Å². The van der Waals surface area contributed by atoms with E-state index in [0.29, 0.717) is 18.0 Å². The molecule has 0 heterocycles. The summed E-state index contributed by atoms with van der Waals surface area (Å²) >= 11 is 0. The molecule has 0 saturated carbocycles. The van der Waals surface area contributed by atoms with Crippen LogP contribution in [0.15, 0.2) is 53.5 Å². The smallest absolute Gasteiger partial charge is 0.240 e. The average Bonchev–Trinajstić information content (AvgIpc) is 2.47. The Kier molecular flexibility index (Phi) is 4.49. The van der Waals surface area contributed by atoms with Crippen LogP contribution >= 0.6 is 0 Å². The van der Waals surface area contributed by atoms with Gasteiger partial charge in [-0.3, -0.25) is 0 Å². The third-order valence-corrected chi connectivity index (χ3v) is 2.69. The lowest BCUT2D eigenvalue weighted by molar-refractivity contribution is 0.318. The minimum atomic E-state index is 0.518. The van der Waals surface area contributed by atoms with Gasteiger partial charge in [-0.05, 0) is 29.7 Å². The van der Waals surface area contributed by atoms with Crippen LogP contribution in [0.4, 0.5) is 5.69 Å². The number of hydrogen-bond acceptors (Lipinski definition) is 3. The van der Waals surface area contributed by atoms with Crippen LogP contribution < -0.4 is 4.74 Å². The van der Waals surface area contributed by atoms with E-state index in [0.717, 1.165) is 17.5 Å². The second-order valence-corrected chi connectivity index (χ2v) is 4.10. The molecule has 0 unspecified atom stereocenters. The van der Waals surface area contributed by atoms with Gasteiger partial charge in [-0.2, -0.15) is 4.99 Å². The molecule has 2 aromatic carbocycles. The van der Waals surface area contributed by atoms with Crippen LogP contribution in [0, 0.1) is 0 Å². The second kappa shape index (κ2) is 6.53. The van der Waals surface area contributed by atoms with Crippen molar-refractivity contribution in [3.63, 3.8) is 0 Å². The van der Waals surface area contributed by atoms with Gasteiger partial charge in [0.15, 0.2) is 0 Å². The molecule has 0 amide bonds. The highest BCUT2D eigenvalue weighted by Crippen LogP contribution is 2.32. The maximum atomic E-state index is 10.5. The van der Waals surface area contributed by atoms with Crippen molar-refractivity contribution < 1.29 is 9.53 Å². The van der Waals surface area contributed by atoms with E-state index in [4.69, 9.17) is 4.74 Å². The van der Waals surface area contributed by atoms with Crippen LogP contribution in [0.3, 0.4) is 0 Å². The molecule has 96 valence electrons. The van der Waals surface area contributed by atoms with Crippen LogP contribution in [-0.4, -0.2) is 12.7 Å². The van der Waals surface area contributed by atoms with E-state index in [1.807, 2.05) is 55.5 Å². The summed E-state index contributed by atoms with van der Waals surface area (Å²) in [6.45, 7) is 2.63. The van der Waals surface area contributed by atoms with E-state index in [1.54, 1.807) is 6.08 Å². The first-order valence-corrected chi connectivity index (χ1v) is 6.25. The molecule has 2 aromatic rings. The van der Waals surface area contributed by atoms with Crippen molar-refractivity contribution >= 4 is 11.8 Å². The Morgan fingerprint density at radius 3 is 2.58 bits per heavy atom. The number of ether oxygens (including phenoxy) is 1. The van der Waals surface area contributed by atoms with Crippen molar-refractivity contribution in [1.82, 2.24) is 0 Å². The zero-order valence-electron chi connectivity index (χ0n) is 10.8. The molecule has 0 spiro atoms. The summed E-state index contributed by atoms with van der Waals surface area (Å²) in [5, 5.41) is 0. The van der Waals surface area contributed by atoms with Crippen molar-refractivity contribution in [2.24, 2.45) is 4.99 Å². The molecule has 0 aliphatic heterocycles. The molecule has 0 aliphatic rings. The fourth-order valence-corrected chi connectivity index (χ4v) is 1.80. The predicted molar refractivity (Wildman–Crippen MR) is 75.4 cm³/mol. The predicted octanol–water partition coefficient (Wildman–Crippen LogP) is 4.11. The summed E-state index contributed by atoms with van der Waals surface area (Å²) in [7, 11) is 0. The minimum Gasteiger partial charge on any atom is -0.491 e. The minimum absolute atomic E-state index is 0.518. The average molecular weight is 253 g/mol. The van der Waals surface area contributed by atoms with Crippen molar-refractivity contribution in [3.05, 3.63) is 48.5 Å². The maximum Gasteiger partial charge on any atom is 0.240 e. The number of aliphatic imine (C=N–C) groups is 1. The Bertz CT molecular complexity index is 587. The first-order chi connectivity index (χ1) is 9.35. The Labute approximate surface area is 112 Å². The largest absolute Gasteiger partial charge is 0.491 e.